The van der Waals surface area contributed by atoms with Crippen LogP contribution in [0.5, 0.6) is 0 Å². The molecule has 0 bridgehead atoms. The number of amides is 3. The van der Waals surface area contributed by atoms with E-state index >= 15 is 0 Å². The van der Waals surface area contributed by atoms with Gasteiger partial charge in [0, 0.05) is 36.8 Å². The molecule has 1 aromatic carbocycles. The van der Waals surface area contributed by atoms with Crippen LogP contribution in [0.1, 0.15) is 18.1 Å². The van der Waals surface area contributed by atoms with Gasteiger partial charge in [-0.05, 0) is 35.9 Å². The highest BCUT2D eigenvalue weighted by Crippen LogP contribution is 2.34. The number of aromatic nitrogens is 1. The van der Waals surface area contributed by atoms with E-state index in [0.29, 0.717) is 27.7 Å². The second-order valence-corrected chi connectivity index (χ2v) is 7.21. The first-order valence-corrected chi connectivity index (χ1v) is 10.0. The van der Waals surface area contributed by atoms with Crippen molar-refractivity contribution in [3.63, 3.8) is 0 Å². The fourth-order valence-corrected chi connectivity index (χ4v) is 3.42. The first-order valence-electron chi connectivity index (χ1n) is 8.72. The molecule has 30 heavy (non-hydrogen) atoms. The van der Waals surface area contributed by atoms with Crippen molar-refractivity contribution >= 4 is 70.1 Å². The average molecular weight is 470 g/mol. The van der Waals surface area contributed by atoms with E-state index in [1.54, 1.807) is 31.3 Å². The summed E-state index contributed by atoms with van der Waals surface area (Å²) >= 11 is 18.2. The Bertz CT molecular complexity index is 978. The Morgan fingerprint density at radius 3 is 2.50 bits per heavy atom. The summed E-state index contributed by atoms with van der Waals surface area (Å²) in [6.07, 6.45) is 4.32. The number of anilines is 2. The van der Waals surface area contributed by atoms with Crippen molar-refractivity contribution in [2.24, 2.45) is 0 Å². The maximum absolute atomic E-state index is 12.4. The zero-order chi connectivity index (χ0) is 22.3. The molecule has 0 aliphatic heterocycles. The van der Waals surface area contributed by atoms with Crippen LogP contribution >= 0.6 is 34.8 Å². The summed E-state index contributed by atoms with van der Waals surface area (Å²) in [6.45, 7) is 1.16. The van der Waals surface area contributed by atoms with Gasteiger partial charge in [-0.25, -0.2) is 4.98 Å². The molecule has 0 fully saturated rings. The Hall–Kier alpha value is -2.61. The quantitative estimate of drug-likeness (QED) is 0.475. The van der Waals surface area contributed by atoms with E-state index < -0.39 is 5.91 Å². The van der Waals surface area contributed by atoms with Crippen LogP contribution in [0.2, 0.25) is 10.0 Å². The fourth-order valence-electron chi connectivity index (χ4n) is 2.37. The lowest BCUT2D eigenvalue weighted by Crippen LogP contribution is -2.37. The molecule has 1 aromatic heterocycles. The largest absolute Gasteiger partial charge is 0.343 e. The molecule has 158 valence electrons. The Labute approximate surface area is 189 Å². The number of hydrogen-bond acceptors (Lipinski definition) is 4. The van der Waals surface area contributed by atoms with Crippen molar-refractivity contribution in [3.05, 3.63) is 57.7 Å². The maximum Gasteiger partial charge on any atom is 0.246 e. The number of nitrogens with zero attached hydrogens (tertiary/aromatic N) is 2. The molecule has 1 heterocycles. The third-order valence-electron chi connectivity index (χ3n) is 3.97. The molecule has 0 atom stereocenters. The molecule has 0 radical (unpaired) electrons. The number of rotatable bonds is 7. The van der Waals surface area contributed by atoms with Gasteiger partial charge in [0.25, 0.3) is 0 Å². The van der Waals surface area contributed by atoms with Crippen molar-refractivity contribution < 1.29 is 14.4 Å². The van der Waals surface area contributed by atoms with E-state index in [1.807, 2.05) is 0 Å². The number of alkyl halides is 1. The maximum atomic E-state index is 12.4. The molecule has 0 aliphatic carbocycles. The third-order valence-corrected chi connectivity index (χ3v) is 5.01. The number of carbonyl (C=O) groups excluding carboxylic acids is 3. The van der Waals surface area contributed by atoms with Gasteiger partial charge >= 0.3 is 0 Å². The Morgan fingerprint density at radius 1 is 1.17 bits per heavy atom. The minimum absolute atomic E-state index is 0.107. The molecule has 2 aromatic rings. The van der Waals surface area contributed by atoms with Crippen molar-refractivity contribution in [2.45, 2.75) is 12.8 Å². The number of hydrogen-bond donors (Lipinski definition) is 2. The predicted molar refractivity (Wildman–Crippen MR) is 120 cm³/mol. The van der Waals surface area contributed by atoms with Crippen LogP contribution in [-0.2, 0) is 20.3 Å². The number of carbonyl (C=O) groups is 3. The lowest BCUT2D eigenvalue weighted by atomic mass is 10.2. The van der Waals surface area contributed by atoms with Crippen LogP contribution in [0, 0.1) is 0 Å². The van der Waals surface area contributed by atoms with Crippen LogP contribution in [0.15, 0.2) is 36.5 Å². The first kappa shape index (κ1) is 23.7. The molecule has 2 rings (SSSR count). The van der Waals surface area contributed by atoms with E-state index in [4.69, 9.17) is 34.8 Å². The zero-order valence-electron chi connectivity index (χ0n) is 16.2. The molecule has 0 saturated carbocycles. The van der Waals surface area contributed by atoms with Gasteiger partial charge in [0.1, 0.15) is 5.82 Å². The van der Waals surface area contributed by atoms with Crippen LogP contribution < -0.4 is 15.5 Å². The topological polar surface area (TPSA) is 91.4 Å². The van der Waals surface area contributed by atoms with Gasteiger partial charge in [-0.2, -0.15) is 0 Å². The summed E-state index contributed by atoms with van der Waals surface area (Å²) in [5, 5.41) is 5.76. The monoisotopic (exact) mass is 468 g/mol. The Kier molecular flexibility index (Phi) is 8.65. The van der Waals surface area contributed by atoms with Gasteiger partial charge in [-0.3, -0.25) is 14.4 Å². The first-order chi connectivity index (χ1) is 14.2. The summed E-state index contributed by atoms with van der Waals surface area (Å²) in [4.78, 5) is 40.7. The van der Waals surface area contributed by atoms with Crippen molar-refractivity contribution in [1.29, 1.82) is 0 Å². The SMILES string of the molecule is CC(=O)Nc1ccc(/C=C/C(=O)NCC(=O)N(C)c2ccc(Cl)c(CCl)c2Cl)cn1. The molecular weight excluding hydrogens is 451 g/mol. The molecule has 0 saturated heterocycles. The summed E-state index contributed by atoms with van der Waals surface area (Å²) < 4.78 is 0. The van der Waals surface area contributed by atoms with Gasteiger partial charge in [0.15, 0.2) is 0 Å². The van der Waals surface area contributed by atoms with Gasteiger partial charge < -0.3 is 15.5 Å². The van der Waals surface area contributed by atoms with Crippen molar-refractivity contribution in [3.8, 4) is 0 Å². The van der Waals surface area contributed by atoms with Crippen LogP contribution in [-0.4, -0.2) is 36.3 Å². The molecular formula is C20H19Cl3N4O3. The van der Waals surface area contributed by atoms with E-state index in [0.717, 1.165) is 0 Å². The zero-order valence-corrected chi connectivity index (χ0v) is 18.5. The van der Waals surface area contributed by atoms with Gasteiger partial charge in [0.2, 0.25) is 17.7 Å². The lowest BCUT2D eigenvalue weighted by Gasteiger charge is -2.20. The Morgan fingerprint density at radius 2 is 1.90 bits per heavy atom. The lowest BCUT2D eigenvalue weighted by molar-refractivity contribution is -0.122. The third kappa shape index (κ3) is 6.45. The van der Waals surface area contributed by atoms with Gasteiger partial charge in [0.05, 0.1) is 23.1 Å². The minimum atomic E-state index is -0.452. The van der Waals surface area contributed by atoms with E-state index in [9.17, 15) is 14.4 Å². The minimum Gasteiger partial charge on any atom is -0.343 e. The Balaban J connectivity index is 1.93. The van der Waals surface area contributed by atoms with Crippen molar-refractivity contribution in [2.75, 3.05) is 23.8 Å². The second-order valence-electron chi connectivity index (χ2n) is 6.15. The highest BCUT2D eigenvalue weighted by atomic mass is 35.5. The number of pyridine rings is 1. The number of nitrogens with one attached hydrogen (secondary N) is 2. The van der Waals surface area contributed by atoms with E-state index in [2.05, 4.69) is 15.6 Å². The fraction of sp³-hybridized carbons (Fsp3) is 0.200. The summed E-state index contributed by atoms with van der Waals surface area (Å²) in [5.41, 5.74) is 1.63. The summed E-state index contributed by atoms with van der Waals surface area (Å²) in [7, 11) is 1.54. The van der Waals surface area contributed by atoms with Crippen LogP contribution in [0.25, 0.3) is 6.08 Å². The smallest absolute Gasteiger partial charge is 0.246 e. The highest BCUT2D eigenvalue weighted by molar-refractivity contribution is 6.39. The van der Waals surface area contributed by atoms with E-state index in [1.165, 1.54) is 30.2 Å². The molecule has 10 heteroatoms. The van der Waals surface area contributed by atoms with Crippen LogP contribution in [0.4, 0.5) is 11.5 Å². The van der Waals surface area contributed by atoms with E-state index in [-0.39, 0.29) is 29.3 Å². The second kappa shape index (κ2) is 11.0. The molecule has 2 N–H and O–H groups in total. The van der Waals surface area contributed by atoms with Gasteiger partial charge in [-0.1, -0.05) is 23.2 Å². The molecule has 0 unspecified atom stereocenters. The summed E-state index contributed by atoms with van der Waals surface area (Å²) in [6, 6.07) is 6.52. The number of benzene rings is 1. The molecule has 0 aliphatic rings. The van der Waals surface area contributed by atoms with Crippen LogP contribution in [0.3, 0.4) is 0 Å². The normalized spacial score (nSPS) is 10.7. The number of likely N-dealkylation sites (N-methyl/N-ethyl adjacent to an activating group) is 1. The average Bonchev–Trinajstić information content (AvgIpc) is 2.71. The number of halogens is 3. The predicted octanol–water partition coefficient (Wildman–Crippen LogP) is 3.88. The molecule has 7 nitrogen and oxygen atoms in total. The highest BCUT2D eigenvalue weighted by Gasteiger charge is 2.18. The summed E-state index contributed by atoms with van der Waals surface area (Å²) in [5.74, 6) is -0.529. The van der Waals surface area contributed by atoms with Gasteiger partial charge in [-0.15, -0.1) is 11.6 Å². The molecule has 3 amide bonds. The van der Waals surface area contributed by atoms with Crippen molar-refractivity contribution in [1.82, 2.24) is 10.3 Å². The molecule has 0 spiro atoms. The standard InChI is InChI=1S/C20H19Cl3N4O3/c1-12(28)26-17-7-3-13(10-24-17)4-8-18(29)25-11-19(30)27(2)16-6-5-15(22)14(9-21)20(16)23/h3-8,10H,9,11H2,1-2H3,(H,25,29)(H,24,26,28)/b8-4+.